The first-order chi connectivity index (χ1) is 14.1. The summed E-state index contributed by atoms with van der Waals surface area (Å²) < 4.78 is 31.4. The molecule has 0 aromatic heterocycles. The molecule has 6 heteroatoms. The molecule has 2 atom stereocenters. The van der Waals surface area contributed by atoms with E-state index in [0.29, 0.717) is 24.2 Å². The summed E-state index contributed by atoms with van der Waals surface area (Å²) in [7, 11) is 0. The van der Waals surface area contributed by atoms with Crippen molar-refractivity contribution in [3.63, 3.8) is 0 Å². The molecule has 2 aromatic carbocycles. The largest absolute Gasteiger partial charge is 0.492 e. The van der Waals surface area contributed by atoms with Crippen molar-refractivity contribution in [2.45, 2.75) is 32.1 Å². The molecule has 2 aliphatic rings. The van der Waals surface area contributed by atoms with E-state index in [0.717, 1.165) is 42.0 Å². The van der Waals surface area contributed by atoms with Crippen LogP contribution in [0.4, 0.5) is 4.39 Å². The molecule has 0 unspecified atom stereocenters. The molecule has 2 aliphatic heterocycles. The summed E-state index contributed by atoms with van der Waals surface area (Å²) in [5.41, 5.74) is 1.19. The Labute approximate surface area is 180 Å². The van der Waals surface area contributed by atoms with Gasteiger partial charge in [0.1, 0.15) is 11.6 Å². The predicted molar refractivity (Wildman–Crippen MR) is 114 cm³/mol. The van der Waals surface area contributed by atoms with Crippen molar-refractivity contribution >= 4 is 15.9 Å². The van der Waals surface area contributed by atoms with Gasteiger partial charge < -0.3 is 19.1 Å². The van der Waals surface area contributed by atoms with E-state index in [2.05, 4.69) is 27.8 Å². The normalized spacial score (nSPS) is 21.3. The van der Waals surface area contributed by atoms with Crippen molar-refractivity contribution in [3.8, 4) is 17.2 Å². The van der Waals surface area contributed by atoms with Crippen molar-refractivity contribution in [3.05, 3.63) is 52.3 Å². The molecule has 0 amide bonds. The van der Waals surface area contributed by atoms with Gasteiger partial charge in [0.25, 0.3) is 0 Å². The molecule has 4 nitrogen and oxygen atoms in total. The van der Waals surface area contributed by atoms with Crippen LogP contribution < -0.4 is 14.2 Å². The van der Waals surface area contributed by atoms with E-state index in [1.54, 1.807) is 12.1 Å². The van der Waals surface area contributed by atoms with Crippen LogP contribution in [0.3, 0.4) is 0 Å². The second-order valence-corrected chi connectivity index (χ2v) is 8.66. The molecule has 0 bridgehead atoms. The van der Waals surface area contributed by atoms with Gasteiger partial charge in [0, 0.05) is 24.6 Å². The van der Waals surface area contributed by atoms with Gasteiger partial charge in [-0.3, -0.25) is 0 Å². The summed E-state index contributed by atoms with van der Waals surface area (Å²) in [5.74, 6) is 2.72. The number of fused-ring (bicyclic) bond motifs is 1. The quantitative estimate of drug-likeness (QED) is 0.534. The first kappa shape index (κ1) is 20.5. The number of unbranched alkanes of at least 4 members (excludes halogenated alkanes) is 1. The zero-order valence-corrected chi connectivity index (χ0v) is 18.3. The second kappa shape index (κ2) is 9.35. The van der Waals surface area contributed by atoms with Crippen LogP contribution in [0.5, 0.6) is 17.2 Å². The lowest BCUT2D eigenvalue weighted by Gasteiger charge is -2.39. The fraction of sp³-hybridized carbons (Fsp3) is 0.478. The van der Waals surface area contributed by atoms with Crippen LogP contribution >= 0.6 is 15.9 Å². The summed E-state index contributed by atoms with van der Waals surface area (Å²) in [6.45, 7) is 6.26. The molecular weight excluding hydrogens is 437 g/mol. The number of likely N-dealkylation sites (tertiary alicyclic amines) is 1. The Morgan fingerprint density at radius 2 is 1.93 bits per heavy atom. The van der Waals surface area contributed by atoms with Crippen LogP contribution in [0.15, 0.2) is 40.9 Å². The fourth-order valence-electron chi connectivity index (χ4n) is 4.22. The average molecular weight is 464 g/mol. The maximum absolute atomic E-state index is 13.4. The van der Waals surface area contributed by atoms with Crippen molar-refractivity contribution in [2.75, 3.05) is 33.0 Å². The summed E-state index contributed by atoms with van der Waals surface area (Å²) in [4.78, 5) is 2.53. The zero-order valence-electron chi connectivity index (χ0n) is 16.7. The van der Waals surface area contributed by atoms with E-state index in [1.807, 2.05) is 24.3 Å². The Balaban J connectivity index is 1.49. The summed E-state index contributed by atoms with van der Waals surface area (Å²) in [6.07, 6.45) is 3.47. The van der Waals surface area contributed by atoms with Crippen molar-refractivity contribution in [1.82, 2.24) is 4.90 Å². The highest BCUT2D eigenvalue weighted by atomic mass is 79.9. The second-order valence-electron chi connectivity index (χ2n) is 7.81. The lowest BCUT2D eigenvalue weighted by atomic mass is 9.80. The van der Waals surface area contributed by atoms with Gasteiger partial charge in [-0.2, -0.15) is 0 Å². The minimum absolute atomic E-state index is 0.189. The van der Waals surface area contributed by atoms with Crippen LogP contribution in [0, 0.1) is 11.7 Å². The third-order valence-corrected chi connectivity index (χ3v) is 6.44. The van der Waals surface area contributed by atoms with Gasteiger partial charge in [0.15, 0.2) is 11.5 Å². The molecule has 0 radical (unpaired) electrons. The van der Waals surface area contributed by atoms with E-state index < -0.39 is 0 Å². The number of ether oxygens (including phenoxy) is 3. The highest BCUT2D eigenvalue weighted by Crippen LogP contribution is 2.41. The molecule has 1 saturated heterocycles. The van der Waals surface area contributed by atoms with Crippen LogP contribution in [0.1, 0.15) is 37.7 Å². The van der Waals surface area contributed by atoms with Crippen LogP contribution in [0.25, 0.3) is 0 Å². The SMILES string of the molecule is CCCCN1CC[C@@H](c2ccc(F)cc2)[C@H](COc2cc3c(cc2Br)OCO3)C1. The monoisotopic (exact) mass is 463 g/mol. The lowest BCUT2D eigenvalue weighted by molar-refractivity contribution is 0.109. The van der Waals surface area contributed by atoms with E-state index in [4.69, 9.17) is 14.2 Å². The van der Waals surface area contributed by atoms with Crippen molar-refractivity contribution in [1.29, 1.82) is 0 Å². The summed E-state index contributed by atoms with van der Waals surface area (Å²) in [6, 6.07) is 10.7. The third kappa shape index (κ3) is 4.86. The molecule has 2 aromatic rings. The van der Waals surface area contributed by atoms with Crippen LogP contribution in [-0.2, 0) is 0 Å². The lowest BCUT2D eigenvalue weighted by Crippen LogP contribution is -2.42. The number of rotatable bonds is 7. The summed E-state index contributed by atoms with van der Waals surface area (Å²) >= 11 is 3.58. The van der Waals surface area contributed by atoms with Gasteiger partial charge in [-0.05, 0) is 65.5 Å². The van der Waals surface area contributed by atoms with Gasteiger partial charge in [-0.15, -0.1) is 0 Å². The Morgan fingerprint density at radius 1 is 1.17 bits per heavy atom. The number of nitrogens with zero attached hydrogens (tertiary/aromatic N) is 1. The fourth-order valence-corrected chi connectivity index (χ4v) is 4.65. The Kier molecular flexibility index (Phi) is 6.60. The average Bonchev–Trinajstić information content (AvgIpc) is 3.18. The molecule has 0 spiro atoms. The minimum Gasteiger partial charge on any atom is -0.492 e. The first-order valence-corrected chi connectivity index (χ1v) is 11.1. The predicted octanol–water partition coefficient (Wildman–Crippen LogP) is 5.60. The topological polar surface area (TPSA) is 30.9 Å². The standard InChI is InChI=1S/C23H27BrFNO3/c1-2-3-9-26-10-8-19(16-4-6-18(25)7-5-16)17(13-26)14-27-21-12-23-22(11-20(21)24)28-15-29-23/h4-7,11-12,17,19H,2-3,8-10,13-15H2,1H3/t17-,19-/m0/s1. The van der Waals surface area contributed by atoms with Crippen LogP contribution in [-0.4, -0.2) is 37.9 Å². The zero-order chi connectivity index (χ0) is 20.2. The van der Waals surface area contributed by atoms with Gasteiger partial charge >= 0.3 is 0 Å². The minimum atomic E-state index is -0.189. The third-order valence-electron chi connectivity index (χ3n) is 5.82. The first-order valence-electron chi connectivity index (χ1n) is 10.3. The molecule has 4 rings (SSSR count). The molecule has 29 heavy (non-hydrogen) atoms. The molecule has 0 saturated carbocycles. The highest BCUT2D eigenvalue weighted by molar-refractivity contribution is 9.10. The van der Waals surface area contributed by atoms with Gasteiger partial charge in [0.05, 0.1) is 11.1 Å². The molecule has 1 fully saturated rings. The van der Waals surface area contributed by atoms with Gasteiger partial charge in [-0.1, -0.05) is 25.5 Å². The van der Waals surface area contributed by atoms with Crippen molar-refractivity contribution < 1.29 is 18.6 Å². The Hall–Kier alpha value is -1.79. The van der Waals surface area contributed by atoms with Crippen LogP contribution in [0.2, 0.25) is 0 Å². The number of benzene rings is 2. The van der Waals surface area contributed by atoms with E-state index in [9.17, 15) is 4.39 Å². The number of hydrogen-bond acceptors (Lipinski definition) is 4. The van der Waals surface area contributed by atoms with Crippen molar-refractivity contribution in [2.24, 2.45) is 5.92 Å². The van der Waals surface area contributed by atoms with Gasteiger partial charge in [-0.25, -0.2) is 4.39 Å². The molecule has 0 N–H and O–H groups in total. The number of piperidine rings is 1. The van der Waals surface area contributed by atoms with E-state index in [-0.39, 0.29) is 12.6 Å². The van der Waals surface area contributed by atoms with E-state index in [1.165, 1.54) is 18.4 Å². The maximum atomic E-state index is 13.4. The summed E-state index contributed by atoms with van der Waals surface area (Å²) in [5, 5.41) is 0. The highest BCUT2D eigenvalue weighted by Gasteiger charge is 2.31. The smallest absolute Gasteiger partial charge is 0.231 e. The number of hydrogen-bond donors (Lipinski definition) is 0. The molecule has 2 heterocycles. The molecule has 156 valence electrons. The maximum Gasteiger partial charge on any atom is 0.231 e. The molecular formula is C23H27BrFNO3. The van der Waals surface area contributed by atoms with Gasteiger partial charge in [0.2, 0.25) is 6.79 Å². The molecule has 0 aliphatic carbocycles. The Morgan fingerprint density at radius 3 is 2.69 bits per heavy atom. The van der Waals surface area contributed by atoms with E-state index >= 15 is 0 Å². The number of halogens is 2. The Bertz CT molecular complexity index is 830.